The lowest BCUT2D eigenvalue weighted by Crippen LogP contribution is -2.47. The summed E-state index contributed by atoms with van der Waals surface area (Å²) < 4.78 is 30.6. The van der Waals surface area contributed by atoms with Gasteiger partial charge in [0.2, 0.25) is 5.91 Å². The molecule has 0 aliphatic carbocycles. The number of allylic oxidation sites excluding steroid dienone is 9. The van der Waals surface area contributed by atoms with Crippen molar-refractivity contribution in [3.63, 3.8) is 0 Å². The zero-order chi connectivity index (χ0) is 52.9. The average Bonchev–Trinajstić information content (AvgIpc) is 3.34. The van der Waals surface area contributed by atoms with Gasteiger partial charge in [0.1, 0.15) is 19.3 Å². The first kappa shape index (κ1) is 69.7. The van der Waals surface area contributed by atoms with Crippen LogP contribution < -0.4 is 5.32 Å². The highest BCUT2D eigenvalue weighted by atomic mass is 31.2. The number of phosphoric ester groups is 1. The summed E-state index contributed by atoms with van der Waals surface area (Å²) in [6, 6.07) is -0.852. The first-order chi connectivity index (χ1) is 34.9. The molecule has 0 aromatic carbocycles. The number of likely N-dealkylation sites (N-methyl/N-ethyl adjacent to an activating group) is 1. The predicted molar refractivity (Wildman–Crippen MR) is 309 cm³/mol. The van der Waals surface area contributed by atoms with Crippen molar-refractivity contribution in [1.82, 2.24) is 5.32 Å². The summed E-state index contributed by atoms with van der Waals surface area (Å²) in [4.78, 5) is 37.6. The normalized spacial score (nSPS) is 14.2. The number of unbranched alkanes of at least 4 members (excludes halogenated alkanes) is 30. The van der Waals surface area contributed by atoms with Crippen LogP contribution in [0.5, 0.6) is 0 Å². The SMILES string of the molecule is CC/C=C/C/C=C/CCCCCCCCCC(=O)OC(/C=C\CCCCCCCCCCC)C(COP(=O)(O)OCC[N+](C)(C)C)NC(=O)CCCCCCCCCCCCC/C=C\C/C=C\CCCCC. The molecule has 0 aromatic rings. The number of hydrogen-bond acceptors (Lipinski definition) is 6. The molecular weight excluding hydrogens is 916 g/mol. The molecule has 0 aliphatic heterocycles. The van der Waals surface area contributed by atoms with Crippen molar-refractivity contribution in [2.75, 3.05) is 40.9 Å². The number of quaternary nitrogens is 1. The summed E-state index contributed by atoms with van der Waals surface area (Å²) in [7, 11) is 1.49. The van der Waals surface area contributed by atoms with Gasteiger partial charge in [-0.15, -0.1) is 0 Å². The minimum atomic E-state index is -4.45. The molecule has 72 heavy (non-hydrogen) atoms. The second-order valence-corrected chi connectivity index (χ2v) is 22.9. The van der Waals surface area contributed by atoms with Crippen molar-refractivity contribution < 1.29 is 37.3 Å². The molecule has 9 nitrogen and oxygen atoms in total. The number of esters is 1. The summed E-state index contributed by atoms with van der Waals surface area (Å²) in [5, 5.41) is 3.05. The number of rotatable bonds is 54. The Kier molecular flexibility index (Phi) is 50.5. The summed E-state index contributed by atoms with van der Waals surface area (Å²) >= 11 is 0. The highest BCUT2D eigenvalue weighted by molar-refractivity contribution is 7.47. The maximum atomic E-state index is 13.5. The van der Waals surface area contributed by atoms with Gasteiger partial charge < -0.3 is 19.4 Å². The van der Waals surface area contributed by atoms with E-state index in [1.54, 1.807) is 0 Å². The molecule has 0 fully saturated rings. The van der Waals surface area contributed by atoms with Crippen molar-refractivity contribution in [3.05, 3.63) is 60.8 Å². The minimum Gasteiger partial charge on any atom is -0.456 e. The number of amides is 1. The van der Waals surface area contributed by atoms with Crippen molar-refractivity contribution in [2.45, 2.75) is 283 Å². The first-order valence-electron chi connectivity index (χ1n) is 30.1. The Labute approximate surface area is 445 Å². The van der Waals surface area contributed by atoms with E-state index in [4.69, 9.17) is 13.8 Å². The smallest absolute Gasteiger partial charge is 0.456 e. The fourth-order valence-electron chi connectivity index (χ4n) is 8.54. The molecular formula is C62H116N2O7P+. The molecule has 2 N–H and O–H groups in total. The quantitative estimate of drug-likeness (QED) is 0.0205. The monoisotopic (exact) mass is 1030 g/mol. The van der Waals surface area contributed by atoms with Crippen LogP contribution in [0, 0.1) is 0 Å². The molecule has 3 unspecified atom stereocenters. The van der Waals surface area contributed by atoms with Gasteiger partial charge in [-0.3, -0.25) is 18.6 Å². The lowest BCUT2D eigenvalue weighted by molar-refractivity contribution is -0.870. The number of carbonyl (C=O) groups is 2. The molecule has 0 spiro atoms. The van der Waals surface area contributed by atoms with E-state index in [-0.39, 0.29) is 31.5 Å². The van der Waals surface area contributed by atoms with Gasteiger partial charge in [-0.2, -0.15) is 0 Å². The van der Waals surface area contributed by atoms with E-state index in [1.165, 1.54) is 148 Å². The number of ether oxygens (including phenoxy) is 1. The summed E-state index contributed by atoms with van der Waals surface area (Å²) in [5.41, 5.74) is 0. The Balaban J connectivity index is 5.20. The van der Waals surface area contributed by atoms with Crippen LogP contribution in [0.2, 0.25) is 0 Å². The molecule has 1 amide bonds. The highest BCUT2D eigenvalue weighted by Crippen LogP contribution is 2.43. The lowest BCUT2D eigenvalue weighted by atomic mass is 10.0. The Morgan fingerprint density at radius 2 is 0.889 bits per heavy atom. The van der Waals surface area contributed by atoms with Gasteiger partial charge in [0, 0.05) is 12.8 Å². The summed E-state index contributed by atoms with van der Waals surface area (Å²) in [5.74, 6) is -0.514. The summed E-state index contributed by atoms with van der Waals surface area (Å²) in [6.45, 7) is 6.88. The van der Waals surface area contributed by atoms with Crippen molar-refractivity contribution in [2.24, 2.45) is 0 Å². The number of phosphoric acid groups is 1. The Hall–Kier alpha value is -2.29. The van der Waals surface area contributed by atoms with Crippen LogP contribution in [0.15, 0.2) is 60.8 Å². The largest absolute Gasteiger partial charge is 0.472 e. The van der Waals surface area contributed by atoms with Crippen LogP contribution >= 0.6 is 7.82 Å². The van der Waals surface area contributed by atoms with E-state index in [1.807, 2.05) is 33.3 Å². The van der Waals surface area contributed by atoms with Crippen LogP contribution in [0.4, 0.5) is 0 Å². The number of nitrogens with one attached hydrogen (secondary N) is 1. The standard InChI is InChI=1S/C62H115N2O7P/c1-7-10-13-16-19-22-25-27-29-30-31-32-33-34-35-36-39-42-45-48-51-54-61(65)63-59(58-70-72(67,68)69-57-56-64(4,5)6)60(53-50-47-44-41-38-24-21-18-15-12-9-3)71-62(66)55-52-49-46-43-40-37-28-26-23-20-17-14-11-8-2/h11,14,19-20,22-23,27,29,50,53,59-60H,7-10,12-13,15-18,21,24-26,28,30-49,51-52,54-58H2,1-6H3,(H-,63,65,67,68)/p+1/b14-11+,22-19-,23-20+,29-27-,53-50-. The van der Waals surface area contributed by atoms with Crippen LogP contribution in [-0.2, 0) is 27.9 Å². The fourth-order valence-corrected chi connectivity index (χ4v) is 9.27. The van der Waals surface area contributed by atoms with Gasteiger partial charge >= 0.3 is 13.8 Å². The second-order valence-electron chi connectivity index (χ2n) is 21.5. The van der Waals surface area contributed by atoms with Crippen LogP contribution in [0.1, 0.15) is 271 Å². The fraction of sp³-hybridized carbons (Fsp3) is 0.806. The third-order valence-corrected chi connectivity index (χ3v) is 14.2. The molecule has 0 heterocycles. The highest BCUT2D eigenvalue weighted by Gasteiger charge is 2.30. The van der Waals surface area contributed by atoms with Gasteiger partial charge in [0.15, 0.2) is 0 Å². The van der Waals surface area contributed by atoms with Gasteiger partial charge in [-0.1, -0.05) is 230 Å². The van der Waals surface area contributed by atoms with E-state index in [0.29, 0.717) is 17.4 Å². The van der Waals surface area contributed by atoms with E-state index in [2.05, 4.69) is 74.7 Å². The summed E-state index contributed by atoms with van der Waals surface area (Å²) in [6.07, 6.45) is 65.0. The van der Waals surface area contributed by atoms with Gasteiger partial charge in [-0.25, -0.2) is 4.57 Å². The number of carbonyl (C=O) groups excluding carboxylic acids is 2. The maximum absolute atomic E-state index is 13.5. The molecule has 0 bridgehead atoms. The molecule has 3 atom stereocenters. The maximum Gasteiger partial charge on any atom is 0.472 e. The lowest BCUT2D eigenvalue weighted by Gasteiger charge is -2.27. The van der Waals surface area contributed by atoms with Crippen molar-refractivity contribution in [1.29, 1.82) is 0 Å². The molecule has 0 saturated carbocycles. The second kappa shape index (κ2) is 52.2. The zero-order valence-electron chi connectivity index (χ0n) is 47.9. The third kappa shape index (κ3) is 52.6. The molecule has 0 aromatic heterocycles. The average molecular weight is 1030 g/mol. The third-order valence-electron chi connectivity index (χ3n) is 13.2. The van der Waals surface area contributed by atoms with Crippen LogP contribution in [-0.4, -0.2) is 74.3 Å². The van der Waals surface area contributed by atoms with E-state index < -0.39 is 20.0 Å². The van der Waals surface area contributed by atoms with Gasteiger partial charge in [-0.05, 0) is 89.5 Å². The minimum absolute atomic E-state index is 0.0375. The van der Waals surface area contributed by atoms with Gasteiger partial charge in [0.05, 0.1) is 33.8 Å². The molecule has 10 heteroatoms. The Morgan fingerprint density at radius 3 is 1.35 bits per heavy atom. The Morgan fingerprint density at radius 1 is 0.500 bits per heavy atom. The van der Waals surface area contributed by atoms with E-state index in [9.17, 15) is 19.0 Å². The predicted octanol–water partition coefficient (Wildman–Crippen LogP) is 18.3. The molecule has 0 saturated heterocycles. The molecule has 0 rings (SSSR count). The van der Waals surface area contributed by atoms with Crippen molar-refractivity contribution >= 4 is 19.7 Å². The topological polar surface area (TPSA) is 111 Å². The van der Waals surface area contributed by atoms with Gasteiger partial charge in [0.25, 0.3) is 0 Å². The molecule has 0 radical (unpaired) electrons. The van der Waals surface area contributed by atoms with Crippen LogP contribution in [0.3, 0.4) is 0 Å². The number of hydrogen-bond donors (Lipinski definition) is 2. The van der Waals surface area contributed by atoms with Crippen LogP contribution in [0.25, 0.3) is 0 Å². The van der Waals surface area contributed by atoms with Crippen molar-refractivity contribution in [3.8, 4) is 0 Å². The van der Waals surface area contributed by atoms with E-state index in [0.717, 1.165) is 89.9 Å². The number of nitrogens with zero attached hydrogens (tertiary/aromatic N) is 1. The zero-order valence-corrected chi connectivity index (χ0v) is 48.8. The molecule has 0 aliphatic rings. The Bertz CT molecular complexity index is 1420. The molecule has 420 valence electrons. The van der Waals surface area contributed by atoms with E-state index >= 15 is 0 Å². The first-order valence-corrected chi connectivity index (χ1v) is 31.6.